The standard InChI is InChI=1S/C22H21N3O6/c1-30-19-11-17(18(25(28)29)12-20(19)31-2)22(27)23-13-15-6-8-16(9-7-15)14-24-10-4-3-5-21(24)26/h3-12H,13-14H2,1-2H3,(H,23,27). The van der Waals surface area contributed by atoms with E-state index in [1.165, 1.54) is 26.4 Å². The van der Waals surface area contributed by atoms with Crippen LogP contribution in [0.5, 0.6) is 11.5 Å². The Bertz CT molecular complexity index is 1150. The summed E-state index contributed by atoms with van der Waals surface area (Å²) in [6.45, 7) is 0.611. The van der Waals surface area contributed by atoms with Crippen molar-refractivity contribution in [2.75, 3.05) is 14.2 Å². The average molecular weight is 423 g/mol. The van der Waals surface area contributed by atoms with Gasteiger partial charge in [0.15, 0.2) is 11.5 Å². The summed E-state index contributed by atoms with van der Waals surface area (Å²) < 4.78 is 11.8. The molecule has 0 bridgehead atoms. The number of hydrogen-bond acceptors (Lipinski definition) is 6. The fourth-order valence-electron chi connectivity index (χ4n) is 3.03. The Morgan fingerprint density at radius 2 is 1.68 bits per heavy atom. The number of methoxy groups -OCH3 is 2. The molecule has 0 fully saturated rings. The molecule has 0 unspecified atom stereocenters. The van der Waals surface area contributed by atoms with Crippen molar-refractivity contribution in [2.24, 2.45) is 0 Å². The monoisotopic (exact) mass is 423 g/mol. The van der Waals surface area contributed by atoms with Gasteiger partial charge in [0.2, 0.25) is 0 Å². The summed E-state index contributed by atoms with van der Waals surface area (Å²) in [6, 6.07) is 14.8. The number of nitrogens with one attached hydrogen (secondary N) is 1. The third-order valence-electron chi connectivity index (χ3n) is 4.67. The average Bonchev–Trinajstić information content (AvgIpc) is 2.78. The van der Waals surface area contributed by atoms with E-state index in [2.05, 4.69) is 5.32 Å². The molecule has 0 aliphatic carbocycles. The summed E-state index contributed by atoms with van der Waals surface area (Å²) >= 11 is 0. The number of rotatable bonds is 8. The molecule has 0 atom stereocenters. The smallest absolute Gasteiger partial charge is 0.286 e. The highest BCUT2D eigenvalue weighted by Crippen LogP contribution is 2.34. The van der Waals surface area contributed by atoms with Crippen LogP contribution in [-0.2, 0) is 13.1 Å². The number of hydrogen-bond donors (Lipinski definition) is 1. The van der Waals surface area contributed by atoms with Gasteiger partial charge in [-0.05, 0) is 17.2 Å². The second kappa shape index (κ2) is 9.57. The zero-order chi connectivity index (χ0) is 22.4. The molecule has 2 aromatic carbocycles. The summed E-state index contributed by atoms with van der Waals surface area (Å²) in [6.07, 6.45) is 1.71. The molecule has 1 amide bonds. The Labute approximate surface area is 178 Å². The van der Waals surface area contributed by atoms with Crippen molar-refractivity contribution in [3.05, 3.63) is 98.0 Å². The second-order valence-electron chi connectivity index (χ2n) is 6.65. The number of amides is 1. The van der Waals surface area contributed by atoms with E-state index in [0.29, 0.717) is 6.54 Å². The van der Waals surface area contributed by atoms with E-state index in [4.69, 9.17) is 9.47 Å². The van der Waals surface area contributed by atoms with E-state index in [1.807, 2.05) is 24.3 Å². The van der Waals surface area contributed by atoms with E-state index in [1.54, 1.807) is 22.9 Å². The third kappa shape index (κ3) is 5.08. The summed E-state index contributed by atoms with van der Waals surface area (Å²) in [5.41, 5.74) is 1.15. The van der Waals surface area contributed by atoms with Crippen LogP contribution in [0.25, 0.3) is 0 Å². The highest BCUT2D eigenvalue weighted by Gasteiger charge is 2.24. The number of carbonyl (C=O) groups is 1. The lowest BCUT2D eigenvalue weighted by molar-refractivity contribution is -0.385. The maximum absolute atomic E-state index is 12.6. The first-order chi connectivity index (χ1) is 14.9. The van der Waals surface area contributed by atoms with Crippen LogP contribution < -0.4 is 20.3 Å². The Morgan fingerprint density at radius 1 is 1.03 bits per heavy atom. The number of ether oxygens (including phenoxy) is 2. The summed E-state index contributed by atoms with van der Waals surface area (Å²) in [7, 11) is 2.75. The molecule has 9 heteroatoms. The number of aromatic nitrogens is 1. The molecule has 0 radical (unpaired) electrons. The van der Waals surface area contributed by atoms with Crippen molar-refractivity contribution in [2.45, 2.75) is 13.1 Å². The number of nitro groups is 1. The van der Waals surface area contributed by atoms with Gasteiger partial charge in [0.05, 0.1) is 31.8 Å². The fraction of sp³-hybridized carbons (Fsp3) is 0.182. The number of nitrogens with zero attached hydrogens (tertiary/aromatic N) is 2. The van der Waals surface area contributed by atoms with Gasteiger partial charge in [-0.3, -0.25) is 19.7 Å². The fourth-order valence-corrected chi connectivity index (χ4v) is 3.03. The van der Waals surface area contributed by atoms with Gasteiger partial charge in [-0.15, -0.1) is 0 Å². The van der Waals surface area contributed by atoms with Crippen molar-refractivity contribution in [1.82, 2.24) is 9.88 Å². The Hall–Kier alpha value is -4.14. The van der Waals surface area contributed by atoms with Gasteiger partial charge in [0, 0.05) is 24.9 Å². The van der Waals surface area contributed by atoms with Crippen LogP contribution in [0.3, 0.4) is 0 Å². The third-order valence-corrected chi connectivity index (χ3v) is 4.67. The lowest BCUT2D eigenvalue weighted by Crippen LogP contribution is -2.24. The van der Waals surface area contributed by atoms with Crippen LogP contribution >= 0.6 is 0 Å². The number of benzene rings is 2. The molecule has 3 aromatic rings. The molecule has 1 N–H and O–H groups in total. The maximum Gasteiger partial charge on any atom is 0.286 e. The maximum atomic E-state index is 12.6. The molecule has 160 valence electrons. The first-order valence-corrected chi connectivity index (χ1v) is 9.35. The molecular weight excluding hydrogens is 402 g/mol. The molecule has 0 saturated carbocycles. The van der Waals surface area contributed by atoms with Gasteiger partial charge in [-0.25, -0.2) is 0 Å². The molecule has 31 heavy (non-hydrogen) atoms. The quantitative estimate of drug-likeness (QED) is 0.440. The highest BCUT2D eigenvalue weighted by atomic mass is 16.6. The van der Waals surface area contributed by atoms with Crippen molar-refractivity contribution in [3.8, 4) is 11.5 Å². The zero-order valence-electron chi connectivity index (χ0n) is 17.0. The van der Waals surface area contributed by atoms with E-state index >= 15 is 0 Å². The molecule has 0 aliphatic heterocycles. The van der Waals surface area contributed by atoms with Gasteiger partial charge in [-0.2, -0.15) is 0 Å². The first-order valence-electron chi connectivity index (χ1n) is 9.35. The molecule has 0 saturated heterocycles. The second-order valence-corrected chi connectivity index (χ2v) is 6.65. The molecule has 9 nitrogen and oxygen atoms in total. The summed E-state index contributed by atoms with van der Waals surface area (Å²) in [5, 5.41) is 14.1. The topological polar surface area (TPSA) is 113 Å². The van der Waals surface area contributed by atoms with Gasteiger partial charge in [0.25, 0.3) is 17.2 Å². The Kier molecular flexibility index (Phi) is 6.66. The minimum atomic E-state index is -0.642. The number of carbonyl (C=O) groups excluding carboxylic acids is 1. The SMILES string of the molecule is COc1cc(C(=O)NCc2ccc(Cn3ccccc3=O)cc2)c([N+](=O)[O-])cc1OC. The summed E-state index contributed by atoms with van der Waals surface area (Å²) in [5.74, 6) is -0.217. The summed E-state index contributed by atoms with van der Waals surface area (Å²) in [4.78, 5) is 35.2. The minimum absolute atomic E-state index is 0.0876. The number of nitro benzene ring substituents is 1. The molecule has 1 heterocycles. The first kappa shape index (κ1) is 21.6. The lowest BCUT2D eigenvalue weighted by Gasteiger charge is -2.11. The van der Waals surface area contributed by atoms with Crippen LogP contribution in [0.4, 0.5) is 5.69 Å². The zero-order valence-corrected chi connectivity index (χ0v) is 17.0. The minimum Gasteiger partial charge on any atom is -0.493 e. The van der Waals surface area contributed by atoms with Crippen molar-refractivity contribution in [3.63, 3.8) is 0 Å². The van der Waals surface area contributed by atoms with E-state index in [-0.39, 0.29) is 34.9 Å². The van der Waals surface area contributed by atoms with Gasteiger partial charge >= 0.3 is 0 Å². The van der Waals surface area contributed by atoms with Crippen LogP contribution in [0.2, 0.25) is 0 Å². The van der Waals surface area contributed by atoms with Crippen molar-refractivity contribution >= 4 is 11.6 Å². The van der Waals surface area contributed by atoms with E-state index in [9.17, 15) is 19.7 Å². The van der Waals surface area contributed by atoms with E-state index < -0.39 is 10.8 Å². The van der Waals surface area contributed by atoms with E-state index in [0.717, 1.165) is 17.2 Å². The van der Waals surface area contributed by atoms with Gasteiger partial charge < -0.3 is 19.4 Å². The highest BCUT2D eigenvalue weighted by molar-refractivity contribution is 5.99. The molecule has 3 rings (SSSR count). The number of pyridine rings is 1. The Morgan fingerprint density at radius 3 is 2.29 bits per heavy atom. The molecule has 1 aromatic heterocycles. The molecular formula is C22H21N3O6. The molecule has 0 aliphatic rings. The van der Waals surface area contributed by atoms with Gasteiger partial charge in [-0.1, -0.05) is 30.3 Å². The van der Waals surface area contributed by atoms with Crippen LogP contribution in [0, 0.1) is 10.1 Å². The largest absolute Gasteiger partial charge is 0.493 e. The Balaban J connectivity index is 1.71. The molecule has 0 spiro atoms. The normalized spacial score (nSPS) is 10.4. The van der Waals surface area contributed by atoms with Crippen molar-refractivity contribution in [1.29, 1.82) is 0 Å². The van der Waals surface area contributed by atoms with Crippen molar-refractivity contribution < 1.29 is 19.2 Å². The lowest BCUT2D eigenvalue weighted by atomic mass is 10.1. The van der Waals surface area contributed by atoms with Gasteiger partial charge in [0.1, 0.15) is 5.56 Å². The predicted octanol–water partition coefficient (Wildman–Crippen LogP) is 2.75. The van der Waals surface area contributed by atoms with Crippen LogP contribution in [-0.4, -0.2) is 29.6 Å². The van der Waals surface area contributed by atoms with Crippen LogP contribution in [0.1, 0.15) is 21.5 Å². The van der Waals surface area contributed by atoms with Crippen LogP contribution in [0.15, 0.2) is 65.6 Å². The predicted molar refractivity (Wildman–Crippen MR) is 114 cm³/mol.